The predicted octanol–water partition coefficient (Wildman–Crippen LogP) is 5.54. The number of nitrogens with zero attached hydrogens (tertiary/aromatic N) is 4. The second-order valence-electron chi connectivity index (χ2n) is 5.74. The highest BCUT2D eigenvalue weighted by atomic mass is 35.5. The molecule has 5 rings (SSSR count). The van der Waals surface area contributed by atoms with Gasteiger partial charge in [-0.2, -0.15) is 0 Å². The van der Waals surface area contributed by atoms with Crippen LogP contribution < -0.4 is 0 Å². The number of aromatic nitrogens is 4. The molecule has 3 aromatic heterocycles. The van der Waals surface area contributed by atoms with Crippen LogP contribution >= 0.6 is 23.2 Å². The van der Waals surface area contributed by atoms with Gasteiger partial charge in [-0.05, 0) is 42.5 Å². The summed E-state index contributed by atoms with van der Waals surface area (Å²) in [6.07, 6.45) is 1.60. The first-order valence-electron chi connectivity index (χ1n) is 7.84. The molecule has 0 aliphatic rings. The molecule has 0 saturated carbocycles. The highest BCUT2D eigenvalue weighted by molar-refractivity contribution is 6.34. The molecule has 126 valence electrons. The summed E-state index contributed by atoms with van der Waals surface area (Å²) in [6, 6.07) is 16.6. The molecule has 5 aromatic rings. The molecule has 0 spiro atoms. The molecule has 3 heterocycles. The number of imidazole rings is 1. The van der Waals surface area contributed by atoms with Crippen LogP contribution in [0.4, 0.5) is 0 Å². The molecular formula is C19H10Cl2N4O. The van der Waals surface area contributed by atoms with Gasteiger partial charge in [0, 0.05) is 10.0 Å². The summed E-state index contributed by atoms with van der Waals surface area (Å²) < 4.78 is 7.42. The first-order valence-corrected chi connectivity index (χ1v) is 8.60. The minimum Gasteiger partial charge on any atom is -0.461 e. The third kappa shape index (κ3) is 2.44. The molecular weight excluding hydrogens is 371 g/mol. The quantitative estimate of drug-likeness (QED) is 0.403. The Bertz CT molecular complexity index is 1240. The number of fused-ring (bicyclic) bond motifs is 2. The van der Waals surface area contributed by atoms with E-state index in [1.807, 2.05) is 34.9 Å². The zero-order valence-electron chi connectivity index (χ0n) is 13.2. The Hall–Kier alpha value is -2.89. The van der Waals surface area contributed by atoms with Crippen molar-refractivity contribution in [3.63, 3.8) is 0 Å². The Labute approximate surface area is 157 Å². The maximum atomic E-state index is 6.21. The largest absolute Gasteiger partial charge is 0.461 e. The third-order valence-electron chi connectivity index (χ3n) is 4.02. The van der Waals surface area contributed by atoms with E-state index in [4.69, 9.17) is 32.6 Å². The maximum Gasteiger partial charge on any atom is 0.199 e. The van der Waals surface area contributed by atoms with Gasteiger partial charge in [-0.3, -0.25) is 4.57 Å². The number of para-hydroxylation sites is 2. The summed E-state index contributed by atoms with van der Waals surface area (Å²) in [5.41, 5.74) is 3.42. The van der Waals surface area contributed by atoms with Gasteiger partial charge in [0.1, 0.15) is 0 Å². The lowest BCUT2D eigenvalue weighted by Gasteiger charge is -2.08. The van der Waals surface area contributed by atoms with Gasteiger partial charge in [0.05, 0.1) is 23.0 Å². The van der Waals surface area contributed by atoms with E-state index in [9.17, 15) is 0 Å². The lowest BCUT2D eigenvalue weighted by Crippen LogP contribution is -1.99. The van der Waals surface area contributed by atoms with Crippen LogP contribution in [-0.4, -0.2) is 19.5 Å². The zero-order valence-corrected chi connectivity index (χ0v) is 14.7. The Kier molecular flexibility index (Phi) is 3.45. The number of rotatable bonds is 2. The van der Waals surface area contributed by atoms with Crippen molar-refractivity contribution < 1.29 is 4.42 Å². The molecule has 5 nitrogen and oxygen atoms in total. The number of furan rings is 1. The van der Waals surface area contributed by atoms with Gasteiger partial charge < -0.3 is 4.42 Å². The Morgan fingerprint density at radius 3 is 2.23 bits per heavy atom. The molecule has 0 amide bonds. The molecule has 0 N–H and O–H groups in total. The van der Waals surface area contributed by atoms with Crippen LogP contribution in [0.3, 0.4) is 0 Å². The minimum absolute atomic E-state index is 0.520. The molecule has 0 atom stereocenters. The van der Waals surface area contributed by atoms with Crippen LogP contribution in [0.25, 0.3) is 39.6 Å². The Morgan fingerprint density at radius 1 is 0.808 bits per heavy atom. The minimum atomic E-state index is 0.520. The van der Waals surface area contributed by atoms with E-state index in [0.717, 1.165) is 16.7 Å². The van der Waals surface area contributed by atoms with Crippen molar-refractivity contribution in [1.29, 1.82) is 0 Å². The van der Waals surface area contributed by atoms with Crippen LogP contribution in [0, 0.1) is 0 Å². The lowest BCUT2D eigenvalue weighted by atomic mass is 10.3. The van der Waals surface area contributed by atoms with Crippen LogP contribution in [0.1, 0.15) is 0 Å². The van der Waals surface area contributed by atoms with E-state index >= 15 is 0 Å². The average Bonchev–Trinajstić information content (AvgIpc) is 3.26. The molecule has 0 aliphatic carbocycles. The van der Waals surface area contributed by atoms with Crippen molar-refractivity contribution in [2.75, 3.05) is 0 Å². The second-order valence-corrected chi connectivity index (χ2v) is 6.61. The molecule has 0 unspecified atom stereocenters. The molecule has 0 bridgehead atoms. The van der Waals surface area contributed by atoms with Crippen LogP contribution in [0.15, 0.2) is 65.3 Å². The molecule has 0 saturated heterocycles. The molecule has 0 fully saturated rings. The monoisotopic (exact) mass is 380 g/mol. The molecule has 7 heteroatoms. The van der Waals surface area contributed by atoms with Gasteiger partial charge in [-0.1, -0.05) is 35.3 Å². The van der Waals surface area contributed by atoms with Gasteiger partial charge in [0.25, 0.3) is 0 Å². The van der Waals surface area contributed by atoms with Crippen molar-refractivity contribution in [3.8, 4) is 17.3 Å². The van der Waals surface area contributed by atoms with Crippen molar-refractivity contribution in [2.24, 2.45) is 0 Å². The SMILES string of the molecule is Clc1cc(Cl)cc(-n2c(-c3ccco3)nc3nc4ccccc4nc32)c1. The highest BCUT2D eigenvalue weighted by Crippen LogP contribution is 2.31. The summed E-state index contributed by atoms with van der Waals surface area (Å²) in [7, 11) is 0. The van der Waals surface area contributed by atoms with Crippen molar-refractivity contribution in [2.45, 2.75) is 0 Å². The fraction of sp³-hybridized carbons (Fsp3) is 0. The molecule has 2 aromatic carbocycles. The van der Waals surface area contributed by atoms with Crippen LogP contribution in [0.2, 0.25) is 10.0 Å². The molecule has 26 heavy (non-hydrogen) atoms. The van der Waals surface area contributed by atoms with E-state index in [1.54, 1.807) is 30.5 Å². The summed E-state index contributed by atoms with van der Waals surface area (Å²) in [4.78, 5) is 14.0. The number of hydrogen-bond donors (Lipinski definition) is 0. The zero-order chi connectivity index (χ0) is 17.7. The van der Waals surface area contributed by atoms with Crippen molar-refractivity contribution in [1.82, 2.24) is 19.5 Å². The number of hydrogen-bond acceptors (Lipinski definition) is 4. The smallest absolute Gasteiger partial charge is 0.199 e. The first kappa shape index (κ1) is 15.4. The second kappa shape index (κ2) is 5.83. The van der Waals surface area contributed by atoms with Crippen molar-refractivity contribution >= 4 is 45.5 Å². The topological polar surface area (TPSA) is 56.7 Å². The van der Waals surface area contributed by atoms with Gasteiger partial charge in [0.15, 0.2) is 22.9 Å². The summed E-state index contributed by atoms with van der Waals surface area (Å²) >= 11 is 12.4. The Balaban J connectivity index is 1.91. The normalized spacial score (nSPS) is 11.5. The highest BCUT2D eigenvalue weighted by Gasteiger charge is 2.19. The number of benzene rings is 2. The summed E-state index contributed by atoms with van der Waals surface area (Å²) in [6.45, 7) is 0. The van der Waals surface area contributed by atoms with E-state index in [2.05, 4.69) is 9.97 Å². The van der Waals surface area contributed by atoms with E-state index in [0.29, 0.717) is 32.9 Å². The standard InChI is InChI=1S/C19H10Cl2N4O/c20-11-8-12(21)10-13(9-11)25-18(16-6-3-7-26-16)24-17-19(25)23-15-5-2-1-4-14(15)22-17/h1-10H. The van der Waals surface area contributed by atoms with E-state index < -0.39 is 0 Å². The summed E-state index contributed by atoms with van der Waals surface area (Å²) in [5.74, 6) is 1.18. The van der Waals surface area contributed by atoms with Gasteiger partial charge in [0.2, 0.25) is 0 Å². The Morgan fingerprint density at radius 2 is 1.54 bits per heavy atom. The summed E-state index contributed by atoms with van der Waals surface area (Å²) in [5, 5.41) is 1.04. The van der Waals surface area contributed by atoms with Gasteiger partial charge in [-0.15, -0.1) is 0 Å². The lowest BCUT2D eigenvalue weighted by molar-refractivity contribution is 0.576. The van der Waals surface area contributed by atoms with Crippen LogP contribution in [0.5, 0.6) is 0 Å². The molecule has 0 radical (unpaired) electrons. The molecule has 0 aliphatic heterocycles. The fourth-order valence-electron chi connectivity index (χ4n) is 2.94. The van der Waals surface area contributed by atoms with Crippen LogP contribution in [-0.2, 0) is 0 Å². The van der Waals surface area contributed by atoms with Crippen molar-refractivity contribution in [3.05, 3.63) is 70.9 Å². The fourth-order valence-corrected chi connectivity index (χ4v) is 3.46. The van der Waals surface area contributed by atoms with E-state index in [1.165, 1.54) is 0 Å². The van der Waals surface area contributed by atoms with E-state index in [-0.39, 0.29) is 0 Å². The number of halogens is 2. The first-order chi connectivity index (χ1) is 12.7. The maximum absolute atomic E-state index is 6.21. The van der Waals surface area contributed by atoms with Gasteiger partial charge in [-0.25, -0.2) is 15.0 Å². The van der Waals surface area contributed by atoms with Gasteiger partial charge >= 0.3 is 0 Å². The third-order valence-corrected chi connectivity index (χ3v) is 4.45. The average molecular weight is 381 g/mol. The predicted molar refractivity (Wildman–Crippen MR) is 102 cm³/mol.